The Labute approximate surface area is 90.5 Å². The van der Waals surface area contributed by atoms with Gasteiger partial charge in [-0.05, 0) is 19.1 Å². The SMILES string of the molecule is CCNc1cccc(SC(C)(C)C)n1. The summed E-state index contributed by atoms with van der Waals surface area (Å²) in [5, 5.41) is 4.29. The Morgan fingerprint density at radius 2 is 2.07 bits per heavy atom. The molecule has 0 aliphatic heterocycles. The van der Waals surface area contributed by atoms with Gasteiger partial charge in [0.2, 0.25) is 0 Å². The average molecular weight is 210 g/mol. The second kappa shape index (κ2) is 4.69. The first-order chi connectivity index (χ1) is 6.51. The number of hydrogen-bond donors (Lipinski definition) is 1. The van der Waals surface area contributed by atoms with E-state index in [-0.39, 0.29) is 4.75 Å². The summed E-state index contributed by atoms with van der Waals surface area (Å²) in [5.74, 6) is 0.960. The Morgan fingerprint density at radius 1 is 1.36 bits per heavy atom. The highest BCUT2D eigenvalue weighted by Gasteiger charge is 2.12. The molecule has 1 aromatic rings. The van der Waals surface area contributed by atoms with Gasteiger partial charge in [0.25, 0.3) is 0 Å². The lowest BCUT2D eigenvalue weighted by atomic mass is 10.3. The van der Waals surface area contributed by atoms with Crippen molar-refractivity contribution in [2.45, 2.75) is 37.5 Å². The van der Waals surface area contributed by atoms with Crippen LogP contribution in [-0.4, -0.2) is 16.3 Å². The van der Waals surface area contributed by atoms with E-state index in [9.17, 15) is 0 Å². The summed E-state index contributed by atoms with van der Waals surface area (Å²) < 4.78 is 0.220. The van der Waals surface area contributed by atoms with Crippen LogP contribution in [0.15, 0.2) is 23.2 Å². The van der Waals surface area contributed by atoms with Gasteiger partial charge < -0.3 is 5.32 Å². The highest BCUT2D eigenvalue weighted by atomic mass is 32.2. The summed E-state index contributed by atoms with van der Waals surface area (Å²) in [5.41, 5.74) is 0. The number of anilines is 1. The summed E-state index contributed by atoms with van der Waals surface area (Å²) in [6.45, 7) is 9.57. The summed E-state index contributed by atoms with van der Waals surface area (Å²) in [6, 6.07) is 6.09. The molecule has 0 aromatic carbocycles. The molecule has 1 aromatic heterocycles. The largest absolute Gasteiger partial charge is 0.370 e. The van der Waals surface area contributed by atoms with Crippen LogP contribution in [0.5, 0.6) is 0 Å². The fraction of sp³-hybridized carbons (Fsp3) is 0.545. The van der Waals surface area contributed by atoms with Crippen molar-refractivity contribution in [3.63, 3.8) is 0 Å². The summed E-state index contributed by atoms with van der Waals surface area (Å²) in [4.78, 5) is 4.50. The number of pyridine rings is 1. The first-order valence-corrected chi connectivity index (χ1v) is 5.73. The Balaban J connectivity index is 2.73. The molecule has 78 valence electrons. The molecule has 1 heterocycles. The summed E-state index contributed by atoms with van der Waals surface area (Å²) in [6.07, 6.45) is 0. The van der Waals surface area contributed by atoms with Crippen LogP contribution in [0.2, 0.25) is 0 Å². The average Bonchev–Trinajstić information content (AvgIpc) is 2.02. The molecule has 2 nitrogen and oxygen atoms in total. The molecule has 0 unspecified atom stereocenters. The van der Waals surface area contributed by atoms with Gasteiger partial charge in [0.05, 0.1) is 5.03 Å². The highest BCUT2D eigenvalue weighted by molar-refractivity contribution is 8.00. The minimum absolute atomic E-state index is 0.220. The molecule has 0 saturated heterocycles. The maximum absolute atomic E-state index is 4.50. The quantitative estimate of drug-likeness (QED) is 0.774. The Hall–Kier alpha value is -0.700. The zero-order valence-corrected chi connectivity index (χ0v) is 10.1. The van der Waals surface area contributed by atoms with Crippen molar-refractivity contribution in [2.75, 3.05) is 11.9 Å². The topological polar surface area (TPSA) is 24.9 Å². The van der Waals surface area contributed by atoms with Crippen LogP contribution < -0.4 is 5.32 Å². The van der Waals surface area contributed by atoms with Gasteiger partial charge in [-0.1, -0.05) is 26.8 Å². The van der Waals surface area contributed by atoms with Gasteiger partial charge >= 0.3 is 0 Å². The summed E-state index contributed by atoms with van der Waals surface area (Å²) >= 11 is 1.79. The highest BCUT2D eigenvalue weighted by Crippen LogP contribution is 2.30. The molecule has 0 radical (unpaired) electrons. The maximum atomic E-state index is 4.50. The van der Waals surface area contributed by atoms with E-state index in [1.807, 2.05) is 12.1 Å². The standard InChI is InChI=1S/C11H18N2S/c1-5-12-9-7-6-8-10(13-9)14-11(2,3)4/h6-8H,5H2,1-4H3,(H,12,13). The number of nitrogens with zero attached hydrogens (tertiary/aromatic N) is 1. The Bertz CT molecular complexity index is 292. The van der Waals surface area contributed by atoms with Crippen LogP contribution in [0.3, 0.4) is 0 Å². The minimum atomic E-state index is 0.220. The third kappa shape index (κ3) is 4.01. The molecular formula is C11H18N2S. The van der Waals surface area contributed by atoms with E-state index < -0.39 is 0 Å². The van der Waals surface area contributed by atoms with Gasteiger partial charge in [-0.3, -0.25) is 0 Å². The molecule has 0 atom stereocenters. The van der Waals surface area contributed by atoms with Crippen LogP contribution in [0.4, 0.5) is 5.82 Å². The third-order valence-corrected chi connectivity index (χ3v) is 2.54. The normalized spacial score (nSPS) is 11.4. The van der Waals surface area contributed by atoms with Gasteiger partial charge in [-0.2, -0.15) is 0 Å². The van der Waals surface area contributed by atoms with Gasteiger partial charge in [-0.25, -0.2) is 4.98 Å². The van der Waals surface area contributed by atoms with Crippen molar-refractivity contribution in [3.8, 4) is 0 Å². The number of aromatic nitrogens is 1. The summed E-state index contributed by atoms with van der Waals surface area (Å²) in [7, 11) is 0. The molecule has 0 aliphatic rings. The van der Waals surface area contributed by atoms with Crippen LogP contribution in [-0.2, 0) is 0 Å². The van der Waals surface area contributed by atoms with Crippen LogP contribution in [0.1, 0.15) is 27.7 Å². The minimum Gasteiger partial charge on any atom is -0.370 e. The van der Waals surface area contributed by atoms with Crippen molar-refractivity contribution >= 4 is 17.6 Å². The Kier molecular flexibility index (Phi) is 3.81. The van der Waals surface area contributed by atoms with E-state index in [1.165, 1.54) is 0 Å². The second-order valence-electron chi connectivity index (χ2n) is 4.11. The van der Waals surface area contributed by atoms with E-state index in [0.717, 1.165) is 17.4 Å². The number of thioether (sulfide) groups is 1. The zero-order valence-electron chi connectivity index (χ0n) is 9.29. The fourth-order valence-electron chi connectivity index (χ4n) is 1.06. The van der Waals surface area contributed by atoms with Crippen molar-refractivity contribution in [1.82, 2.24) is 4.98 Å². The molecule has 14 heavy (non-hydrogen) atoms. The molecule has 3 heteroatoms. The van der Waals surface area contributed by atoms with E-state index in [2.05, 4.69) is 44.1 Å². The van der Waals surface area contributed by atoms with Crippen molar-refractivity contribution in [2.24, 2.45) is 0 Å². The van der Waals surface area contributed by atoms with Gasteiger partial charge in [-0.15, -0.1) is 11.8 Å². The van der Waals surface area contributed by atoms with E-state index in [0.29, 0.717) is 0 Å². The second-order valence-corrected chi connectivity index (χ2v) is 5.95. The third-order valence-electron chi connectivity index (χ3n) is 1.49. The van der Waals surface area contributed by atoms with Crippen molar-refractivity contribution in [3.05, 3.63) is 18.2 Å². The van der Waals surface area contributed by atoms with E-state index in [1.54, 1.807) is 11.8 Å². The lowest BCUT2D eigenvalue weighted by Gasteiger charge is -2.17. The monoisotopic (exact) mass is 210 g/mol. The van der Waals surface area contributed by atoms with Gasteiger partial charge in [0.15, 0.2) is 0 Å². The van der Waals surface area contributed by atoms with Crippen molar-refractivity contribution in [1.29, 1.82) is 0 Å². The van der Waals surface area contributed by atoms with Crippen molar-refractivity contribution < 1.29 is 0 Å². The van der Waals surface area contributed by atoms with Gasteiger partial charge in [0.1, 0.15) is 5.82 Å². The maximum Gasteiger partial charge on any atom is 0.127 e. The molecule has 1 rings (SSSR count). The lowest BCUT2D eigenvalue weighted by Crippen LogP contribution is -2.08. The molecule has 0 bridgehead atoms. The predicted octanol–water partition coefficient (Wildman–Crippen LogP) is 3.40. The van der Waals surface area contributed by atoms with E-state index >= 15 is 0 Å². The molecule has 0 aliphatic carbocycles. The van der Waals surface area contributed by atoms with Gasteiger partial charge in [0, 0.05) is 11.3 Å². The molecular weight excluding hydrogens is 192 g/mol. The number of rotatable bonds is 3. The smallest absolute Gasteiger partial charge is 0.127 e. The molecule has 1 N–H and O–H groups in total. The molecule has 0 saturated carbocycles. The lowest BCUT2D eigenvalue weighted by molar-refractivity contribution is 0.799. The number of hydrogen-bond acceptors (Lipinski definition) is 3. The Morgan fingerprint density at radius 3 is 2.64 bits per heavy atom. The predicted molar refractivity (Wildman–Crippen MR) is 64.0 cm³/mol. The molecule has 0 fully saturated rings. The first-order valence-electron chi connectivity index (χ1n) is 4.91. The molecule has 0 spiro atoms. The number of nitrogens with one attached hydrogen (secondary N) is 1. The molecule has 0 amide bonds. The fourth-order valence-corrected chi connectivity index (χ4v) is 1.98. The van der Waals surface area contributed by atoms with Crippen LogP contribution in [0, 0.1) is 0 Å². The van der Waals surface area contributed by atoms with Crippen LogP contribution in [0.25, 0.3) is 0 Å². The van der Waals surface area contributed by atoms with E-state index in [4.69, 9.17) is 0 Å². The first kappa shape index (κ1) is 11.4. The van der Waals surface area contributed by atoms with Crippen LogP contribution >= 0.6 is 11.8 Å². The zero-order chi connectivity index (χ0) is 10.6.